The minimum absolute atomic E-state index is 0.0168. The fourth-order valence-electron chi connectivity index (χ4n) is 2.42. The largest absolute Gasteiger partial charge is 0.350 e. The van der Waals surface area contributed by atoms with E-state index in [9.17, 15) is 9.59 Å². The highest BCUT2D eigenvalue weighted by Gasteiger charge is 2.10. The maximum atomic E-state index is 12.1. The summed E-state index contributed by atoms with van der Waals surface area (Å²) in [6.45, 7) is 0.340. The molecule has 3 rings (SSSR count). The Bertz CT molecular complexity index is 919. The summed E-state index contributed by atoms with van der Waals surface area (Å²) in [5, 5.41) is 14.9. The van der Waals surface area contributed by atoms with Crippen LogP contribution in [0.5, 0.6) is 0 Å². The van der Waals surface area contributed by atoms with Gasteiger partial charge in [0.25, 0.3) is 5.91 Å². The van der Waals surface area contributed by atoms with E-state index in [0.29, 0.717) is 17.9 Å². The lowest BCUT2D eigenvalue weighted by molar-refractivity contribution is -0.122. The molecule has 138 valence electrons. The lowest BCUT2D eigenvalue weighted by atomic mass is 10.1. The molecule has 0 bridgehead atoms. The van der Waals surface area contributed by atoms with Crippen LogP contribution in [-0.2, 0) is 17.9 Å². The number of rotatable bonds is 6. The van der Waals surface area contributed by atoms with Gasteiger partial charge in [-0.2, -0.15) is 4.80 Å². The van der Waals surface area contributed by atoms with Crippen molar-refractivity contribution in [3.05, 3.63) is 65.7 Å². The molecule has 8 heteroatoms. The SMILES string of the molecule is CN(C)C(=O)c1ccc(CNC(=O)Cn2nnc(-c3ccccc3)n2)cc1. The molecule has 0 saturated heterocycles. The van der Waals surface area contributed by atoms with Gasteiger partial charge in [0.2, 0.25) is 11.7 Å². The number of benzene rings is 2. The van der Waals surface area contributed by atoms with Crippen molar-refractivity contribution in [3.63, 3.8) is 0 Å². The topological polar surface area (TPSA) is 93.0 Å². The lowest BCUT2D eigenvalue weighted by Gasteiger charge is -2.10. The van der Waals surface area contributed by atoms with Crippen LogP contribution < -0.4 is 5.32 Å². The summed E-state index contributed by atoms with van der Waals surface area (Å²) >= 11 is 0. The Hall–Kier alpha value is -3.55. The van der Waals surface area contributed by atoms with Crippen molar-refractivity contribution in [3.8, 4) is 11.4 Å². The van der Waals surface area contributed by atoms with Crippen LogP contribution in [0.25, 0.3) is 11.4 Å². The Morgan fingerprint density at radius 3 is 2.41 bits per heavy atom. The monoisotopic (exact) mass is 364 g/mol. The number of amides is 2. The smallest absolute Gasteiger partial charge is 0.253 e. The summed E-state index contributed by atoms with van der Waals surface area (Å²) in [7, 11) is 3.41. The average Bonchev–Trinajstić information content (AvgIpc) is 3.15. The van der Waals surface area contributed by atoms with E-state index in [-0.39, 0.29) is 18.4 Å². The highest BCUT2D eigenvalue weighted by molar-refractivity contribution is 5.93. The van der Waals surface area contributed by atoms with Gasteiger partial charge in [0.1, 0.15) is 6.54 Å². The molecule has 0 atom stereocenters. The molecule has 27 heavy (non-hydrogen) atoms. The minimum Gasteiger partial charge on any atom is -0.350 e. The van der Waals surface area contributed by atoms with Gasteiger partial charge in [0.05, 0.1) is 0 Å². The zero-order valence-electron chi connectivity index (χ0n) is 15.2. The summed E-state index contributed by atoms with van der Waals surface area (Å²) in [6.07, 6.45) is 0. The van der Waals surface area contributed by atoms with E-state index >= 15 is 0 Å². The second-order valence-electron chi connectivity index (χ2n) is 6.18. The van der Waals surface area contributed by atoms with E-state index in [0.717, 1.165) is 11.1 Å². The van der Waals surface area contributed by atoms with Gasteiger partial charge < -0.3 is 10.2 Å². The normalized spacial score (nSPS) is 10.4. The van der Waals surface area contributed by atoms with Crippen LogP contribution in [0.15, 0.2) is 54.6 Å². The van der Waals surface area contributed by atoms with Crippen molar-refractivity contribution >= 4 is 11.8 Å². The zero-order valence-corrected chi connectivity index (χ0v) is 15.2. The minimum atomic E-state index is -0.222. The fraction of sp³-hybridized carbons (Fsp3) is 0.211. The van der Waals surface area contributed by atoms with Gasteiger partial charge in [-0.1, -0.05) is 42.5 Å². The quantitative estimate of drug-likeness (QED) is 0.713. The summed E-state index contributed by atoms with van der Waals surface area (Å²) in [6, 6.07) is 16.6. The van der Waals surface area contributed by atoms with E-state index < -0.39 is 0 Å². The predicted molar refractivity (Wildman–Crippen MR) is 99.6 cm³/mol. The predicted octanol–water partition coefficient (Wildman–Crippen LogP) is 1.36. The van der Waals surface area contributed by atoms with Crippen LogP contribution in [0.3, 0.4) is 0 Å². The van der Waals surface area contributed by atoms with Crippen LogP contribution in [0, 0.1) is 0 Å². The summed E-state index contributed by atoms with van der Waals surface area (Å²) in [4.78, 5) is 26.7. The van der Waals surface area contributed by atoms with E-state index in [4.69, 9.17) is 0 Å². The Morgan fingerprint density at radius 2 is 1.74 bits per heavy atom. The van der Waals surface area contributed by atoms with Crippen LogP contribution in [0.1, 0.15) is 15.9 Å². The number of carbonyl (C=O) groups excluding carboxylic acids is 2. The second kappa shape index (κ2) is 8.22. The Labute approximate surface area is 156 Å². The number of nitrogens with zero attached hydrogens (tertiary/aromatic N) is 5. The molecular formula is C19H20N6O2. The second-order valence-corrected chi connectivity index (χ2v) is 6.18. The third-order valence-corrected chi connectivity index (χ3v) is 3.87. The van der Waals surface area contributed by atoms with Crippen molar-refractivity contribution in [1.82, 2.24) is 30.4 Å². The lowest BCUT2D eigenvalue weighted by Crippen LogP contribution is -2.28. The van der Waals surface area contributed by atoms with Crippen molar-refractivity contribution in [2.45, 2.75) is 13.1 Å². The van der Waals surface area contributed by atoms with Gasteiger partial charge in [-0.25, -0.2) is 0 Å². The molecule has 1 N–H and O–H groups in total. The van der Waals surface area contributed by atoms with E-state index in [2.05, 4.69) is 20.7 Å². The molecular weight excluding hydrogens is 344 g/mol. The zero-order chi connectivity index (χ0) is 19.2. The highest BCUT2D eigenvalue weighted by atomic mass is 16.2. The van der Waals surface area contributed by atoms with E-state index in [1.54, 1.807) is 26.2 Å². The first-order chi connectivity index (χ1) is 13.0. The van der Waals surface area contributed by atoms with Crippen molar-refractivity contribution in [2.24, 2.45) is 0 Å². The van der Waals surface area contributed by atoms with Gasteiger partial charge in [0, 0.05) is 31.8 Å². The van der Waals surface area contributed by atoms with Gasteiger partial charge in [0.15, 0.2) is 0 Å². The molecule has 0 unspecified atom stereocenters. The van der Waals surface area contributed by atoms with Gasteiger partial charge in [-0.05, 0) is 22.9 Å². The third-order valence-electron chi connectivity index (χ3n) is 3.87. The molecule has 2 amide bonds. The third kappa shape index (κ3) is 4.75. The molecule has 8 nitrogen and oxygen atoms in total. The fourth-order valence-corrected chi connectivity index (χ4v) is 2.42. The average molecular weight is 364 g/mol. The maximum Gasteiger partial charge on any atom is 0.253 e. The molecule has 0 aliphatic carbocycles. The first-order valence-electron chi connectivity index (χ1n) is 8.43. The molecule has 0 aliphatic rings. The number of carbonyl (C=O) groups is 2. The molecule has 0 fully saturated rings. The number of tetrazole rings is 1. The van der Waals surface area contributed by atoms with Gasteiger partial charge >= 0.3 is 0 Å². The first-order valence-corrected chi connectivity index (χ1v) is 8.43. The van der Waals surface area contributed by atoms with E-state index in [1.807, 2.05) is 42.5 Å². The van der Waals surface area contributed by atoms with Crippen molar-refractivity contribution < 1.29 is 9.59 Å². The molecule has 3 aromatic rings. The maximum absolute atomic E-state index is 12.1. The summed E-state index contributed by atoms with van der Waals surface area (Å²) < 4.78 is 0. The number of hydrogen-bond acceptors (Lipinski definition) is 5. The first kappa shape index (κ1) is 18.2. The Kier molecular flexibility index (Phi) is 5.55. The molecule has 1 heterocycles. The van der Waals surface area contributed by atoms with Crippen LogP contribution in [-0.4, -0.2) is 51.0 Å². The summed E-state index contributed by atoms with van der Waals surface area (Å²) in [5.74, 6) is 0.196. The van der Waals surface area contributed by atoms with Gasteiger partial charge in [-0.3, -0.25) is 9.59 Å². The molecule has 0 aliphatic heterocycles. The highest BCUT2D eigenvalue weighted by Crippen LogP contribution is 2.11. The molecule has 0 radical (unpaired) electrons. The molecule has 0 saturated carbocycles. The molecule has 1 aromatic heterocycles. The van der Waals surface area contributed by atoms with E-state index in [1.165, 1.54) is 9.70 Å². The number of hydrogen-bond donors (Lipinski definition) is 1. The standard InChI is InChI=1S/C19H20N6O2/c1-24(2)19(27)16-10-8-14(9-11-16)12-20-17(26)13-25-22-18(21-23-25)15-6-4-3-5-7-15/h3-11H,12-13H2,1-2H3,(H,20,26). The number of nitrogens with one attached hydrogen (secondary N) is 1. The van der Waals surface area contributed by atoms with Crippen LogP contribution in [0.2, 0.25) is 0 Å². The molecule has 2 aromatic carbocycles. The van der Waals surface area contributed by atoms with Crippen molar-refractivity contribution in [2.75, 3.05) is 14.1 Å². The van der Waals surface area contributed by atoms with Crippen LogP contribution >= 0.6 is 0 Å². The summed E-state index contributed by atoms with van der Waals surface area (Å²) in [5.41, 5.74) is 2.35. The van der Waals surface area contributed by atoms with Crippen LogP contribution in [0.4, 0.5) is 0 Å². The van der Waals surface area contributed by atoms with Gasteiger partial charge in [-0.15, -0.1) is 10.2 Å². The Balaban J connectivity index is 1.53. The molecule has 0 spiro atoms. The van der Waals surface area contributed by atoms with Crippen molar-refractivity contribution in [1.29, 1.82) is 0 Å². The Morgan fingerprint density at radius 1 is 1.04 bits per heavy atom. The number of aromatic nitrogens is 4.